The van der Waals surface area contributed by atoms with Crippen molar-refractivity contribution in [2.24, 2.45) is 5.10 Å². The number of carbonyl (C=O) groups excluding carboxylic acids is 1. The van der Waals surface area contributed by atoms with Gasteiger partial charge in [-0.15, -0.1) is 0 Å². The number of furan rings is 1. The molecule has 2 aromatic heterocycles. The Morgan fingerprint density at radius 1 is 1.17 bits per heavy atom. The molecule has 0 saturated heterocycles. The summed E-state index contributed by atoms with van der Waals surface area (Å²) >= 11 is 3.47. The summed E-state index contributed by atoms with van der Waals surface area (Å²) in [7, 11) is 0. The second-order valence-corrected chi connectivity index (χ2v) is 9.15. The summed E-state index contributed by atoms with van der Waals surface area (Å²) in [6, 6.07) is 11.9. The van der Waals surface area contributed by atoms with E-state index in [9.17, 15) is 18.0 Å². The molecule has 0 amide bonds. The number of nitrogens with one attached hydrogen (secondary N) is 1. The van der Waals surface area contributed by atoms with Gasteiger partial charge in [0.05, 0.1) is 17.0 Å². The van der Waals surface area contributed by atoms with Crippen molar-refractivity contribution in [1.29, 1.82) is 0 Å². The summed E-state index contributed by atoms with van der Waals surface area (Å²) in [5.74, 6) is 0.281. The van der Waals surface area contributed by atoms with Crippen LogP contribution in [0.4, 0.5) is 18.9 Å². The average molecular weight is 558 g/mol. The number of benzene rings is 2. The maximum Gasteiger partial charge on any atom is 0.416 e. The Bertz CT molecular complexity index is 1510. The highest BCUT2D eigenvalue weighted by Crippen LogP contribution is 2.34. The molecule has 2 heterocycles. The predicted octanol–water partition coefficient (Wildman–Crippen LogP) is 7.29. The van der Waals surface area contributed by atoms with Crippen molar-refractivity contribution in [2.75, 3.05) is 5.43 Å². The van der Waals surface area contributed by atoms with Gasteiger partial charge in [0, 0.05) is 33.6 Å². The van der Waals surface area contributed by atoms with Gasteiger partial charge in [0.15, 0.2) is 5.75 Å². The van der Waals surface area contributed by atoms with Gasteiger partial charge in [0.2, 0.25) is 5.76 Å². The van der Waals surface area contributed by atoms with E-state index in [4.69, 9.17) is 9.15 Å². The number of ether oxygens (including phenoxy) is 1. The van der Waals surface area contributed by atoms with Crippen molar-refractivity contribution < 1.29 is 27.1 Å². The van der Waals surface area contributed by atoms with Crippen molar-refractivity contribution in [2.45, 2.75) is 32.4 Å². The Labute approximate surface area is 212 Å². The molecule has 1 aliphatic carbocycles. The number of hydrazone groups is 1. The molecule has 0 atom stereocenters. The second kappa shape index (κ2) is 9.42. The van der Waals surface area contributed by atoms with Crippen LogP contribution in [0.15, 0.2) is 68.7 Å². The molecule has 0 radical (unpaired) electrons. The number of carbonyl (C=O) groups is 1. The lowest BCUT2D eigenvalue weighted by molar-refractivity contribution is -0.137. The van der Waals surface area contributed by atoms with Crippen molar-refractivity contribution in [3.8, 4) is 5.75 Å². The van der Waals surface area contributed by atoms with Gasteiger partial charge >= 0.3 is 12.1 Å². The van der Waals surface area contributed by atoms with Gasteiger partial charge < -0.3 is 9.15 Å². The molecule has 10 heteroatoms. The first-order chi connectivity index (χ1) is 17.2. The van der Waals surface area contributed by atoms with E-state index in [1.807, 2.05) is 6.07 Å². The van der Waals surface area contributed by atoms with E-state index in [2.05, 4.69) is 31.4 Å². The number of rotatable bonds is 4. The van der Waals surface area contributed by atoms with Gasteiger partial charge in [0.1, 0.15) is 11.3 Å². The molecule has 36 heavy (non-hydrogen) atoms. The number of alkyl halides is 3. The predicted molar refractivity (Wildman–Crippen MR) is 132 cm³/mol. The number of anilines is 1. The van der Waals surface area contributed by atoms with Crippen LogP contribution >= 0.6 is 15.9 Å². The number of aromatic nitrogens is 1. The standard InChI is InChI=1S/C26H19BrF3N3O3/c1-14-22-19(33-32-16-6-2-5-15(13-16)26(28,29)30)8-3-9-20(22)35-24(14)25(34)36-21-11-10-18(27)17-7-4-12-31-23(17)21/h2,4-7,10-13,32H,3,8-9H2,1H3/b33-19+. The minimum absolute atomic E-state index is 0.0562. The molecule has 4 aromatic rings. The number of halogens is 4. The van der Waals surface area contributed by atoms with Crippen LogP contribution in [0, 0.1) is 6.92 Å². The summed E-state index contributed by atoms with van der Waals surface area (Å²) in [5, 5.41) is 5.16. The maximum absolute atomic E-state index is 13.1. The Morgan fingerprint density at radius 3 is 2.81 bits per heavy atom. The zero-order chi connectivity index (χ0) is 25.4. The molecule has 6 nitrogen and oxygen atoms in total. The van der Waals surface area contributed by atoms with Crippen LogP contribution in [0.2, 0.25) is 0 Å². The summed E-state index contributed by atoms with van der Waals surface area (Å²) in [6.07, 6.45) is -0.930. The van der Waals surface area contributed by atoms with Gasteiger partial charge in [-0.25, -0.2) is 4.79 Å². The number of hydrogen-bond acceptors (Lipinski definition) is 6. The first-order valence-corrected chi connectivity index (χ1v) is 11.9. The number of esters is 1. The number of nitrogens with zero attached hydrogens (tertiary/aromatic N) is 2. The first kappa shape index (κ1) is 24.1. The molecule has 0 fully saturated rings. The van der Waals surface area contributed by atoms with Gasteiger partial charge in [-0.05, 0) is 56.2 Å². The fraction of sp³-hybridized carbons (Fsp3) is 0.192. The topological polar surface area (TPSA) is 76.7 Å². The molecule has 0 spiro atoms. The van der Waals surface area contributed by atoms with Crippen molar-refractivity contribution in [1.82, 2.24) is 4.98 Å². The maximum atomic E-state index is 13.1. The zero-order valence-electron chi connectivity index (χ0n) is 18.9. The highest BCUT2D eigenvalue weighted by molar-refractivity contribution is 9.10. The van der Waals surface area contributed by atoms with Crippen molar-refractivity contribution in [3.05, 3.63) is 87.4 Å². The van der Waals surface area contributed by atoms with Crippen molar-refractivity contribution >= 4 is 44.2 Å². The number of fused-ring (bicyclic) bond motifs is 2. The Hall–Kier alpha value is -3.66. The lowest BCUT2D eigenvalue weighted by Crippen LogP contribution is -2.14. The lowest BCUT2D eigenvalue weighted by atomic mass is 9.93. The lowest BCUT2D eigenvalue weighted by Gasteiger charge is -2.14. The highest BCUT2D eigenvalue weighted by atomic mass is 79.9. The number of pyridine rings is 1. The van der Waals surface area contributed by atoms with Crippen LogP contribution in [-0.4, -0.2) is 16.7 Å². The molecule has 184 valence electrons. The van der Waals surface area contributed by atoms with E-state index in [1.165, 1.54) is 12.1 Å². The summed E-state index contributed by atoms with van der Waals surface area (Å²) < 4.78 is 51.5. The minimum Gasteiger partial charge on any atom is -0.453 e. The molecule has 0 bridgehead atoms. The van der Waals surface area contributed by atoms with E-state index < -0.39 is 17.7 Å². The molecule has 5 rings (SSSR count). The van der Waals surface area contributed by atoms with Crippen LogP contribution in [-0.2, 0) is 12.6 Å². The largest absolute Gasteiger partial charge is 0.453 e. The van der Waals surface area contributed by atoms with Crippen molar-refractivity contribution in [3.63, 3.8) is 0 Å². The smallest absolute Gasteiger partial charge is 0.416 e. The molecule has 2 aromatic carbocycles. The molecular formula is C26H19BrF3N3O3. The zero-order valence-corrected chi connectivity index (χ0v) is 20.5. The van der Waals surface area contributed by atoms with Crippen LogP contribution in [0.25, 0.3) is 10.9 Å². The third-order valence-corrected chi connectivity index (χ3v) is 6.59. The molecule has 0 saturated carbocycles. The Morgan fingerprint density at radius 2 is 2.00 bits per heavy atom. The molecule has 0 unspecified atom stereocenters. The second-order valence-electron chi connectivity index (χ2n) is 8.29. The molecule has 1 N–H and O–H groups in total. The fourth-order valence-corrected chi connectivity index (χ4v) is 4.66. The van der Waals surface area contributed by atoms with Crippen LogP contribution in [0.3, 0.4) is 0 Å². The third kappa shape index (κ3) is 4.60. The van der Waals surface area contributed by atoms with E-state index in [0.29, 0.717) is 46.7 Å². The molecule has 1 aliphatic rings. The number of aryl methyl sites for hydroxylation is 1. The number of hydrogen-bond donors (Lipinski definition) is 1. The van der Waals surface area contributed by atoms with Crippen LogP contribution < -0.4 is 10.2 Å². The van der Waals surface area contributed by atoms with Gasteiger partial charge in [-0.3, -0.25) is 10.4 Å². The van der Waals surface area contributed by atoms with Crippen LogP contribution in [0.1, 0.15) is 45.8 Å². The van der Waals surface area contributed by atoms with Gasteiger partial charge in [-0.2, -0.15) is 18.3 Å². The average Bonchev–Trinajstić information content (AvgIpc) is 3.21. The first-order valence-electron chi connectivity index (χ1n) is 11.1. The summed E-state index contributed by atoms with van der Waals surface area (Å²) in [5.41, 5.74) is 4.52. The van der Waals surface area contributed by atoms with E-state index in [0.717, 1.165) is 28.4 Å². The third-order valence-electron chi connectivity index (χ3n) is 5.90. The summed E-state index contributed by atoms with van der Waals surface area (Å²) in [6.45, 7) is 1.74. The Balaban J connectivity index is 1.43. The SMILES string of the molecule is Cc1c(C(=O)Oc2ccc(Br)c3cccnc23)oc2c1/C(=N/Nc1cccc(C(F)(F)F)c1)CCC2. The fourth-order valence-electron chi connectivity index (χ4n) is 4.21. The minimum atomic E-state index is -4.45. The monoisotopic (exact) mass is 557 g/mol. The quantitative estimate of drug-likeness (QED) is 0.162. The highest BCUT2D eigenvalue weighted by Gasteiger charge is 2.31. The molecule has 0 aliphatic heterocycles. The van der Waals surface area contributed by atoms with Gasteiger partial charge in [0.25, 0.3) is 0 Å². The van der Waals surface area contributed by atoms with Gasteiger partial charge in [-0.1, -0.05) is 28.1 Å². The van der Waals surface area contributed by atoms with Crippen LogP contribution in [0.5, 0.6) is 5.75 Å². The van der Waals surface area contributed by atoms with E-state index in [-0.39, 0.29) is 11.4 Å². The normalized spacial score (nSPS) is 14.6. The summed E-state index contributed by atoms with van der Waals surface area (Å²) in [4.78, 5) is 17.4. The Kier molecular flexibility index (Phi) is 6.29. The van der Waals surface area contributed by atoms with E-state index >= 15 is 0 Å². The molecular weight excluding hydrogens is 539 g/mol. The van der Waals surface area contributed by atoms with E-state index in [1.54, 1.807) is 31.3 Å².